The summed E-state index contributed by atoms with van der Waals surface area (Å²) >= 11 is 0. The molecule has 0 bridgehead atoms. The van der Waals surface area contributed by atoms with E-state index in [0.717, 1.165) is 23.1 Å². The number of methoxy groups -OCH3 is 1. The van der Waals surface area contributed by atoms with Crippen molar-refractivity contribution in [1.29, 1.82) is 5.26 Å². The van der Waals surface area contributed by atoms with Crippen LogP contribution in [0.5, 0.6) is 0 Å². The lowest BCUT2D eigenvalue weighted by atomic mass is 9.98. The second-order valence-corrected chi connectivity index (χ2v) is 5.38. The van der Waals surface area contributed by atoms with Gasteiger partial charge in [-0.2, -0.15) is 5.26 Å². The monoisotopic (exact) mass is 315 g/mol. The fraction of sp³-hybridized carbons (Fsp3) is 0.444. The van der Waals surface area contributed by atoms with Gasteiger partial charge >= 0.3 is 5.97 Å². The number of nitriles is 1. The van der Waals surface area contributed by atoms with Crippen molar-refractivity contribution in [2.75, 3.05) is 20.5 Å². The molecule has 5 nitrogen and oxygen atoms in total. The molecule has 1 aliphatic carbocycles. The van der Waals surface area contributed by atoms with Gasteiger partial charge in [-0.25, -0.2) is 4.79 Å². The Morgan fingerprint density at radius 3 is 2.96 bits per heavy atom. The quantitative estimate of drug-likeness (QED) is 0.319. The molecule has 1 aliphatic rings. The van der Waals surface area contributed by atoms with Gasteiger partial charge in [0.25, 0.3) is 0 Å². The molecule has 0 amide bonds. The molecule has 2 atom stereocenters. The van der Waals surface area contributed by atoms with E-state index in [1.807, 2.05) is 24.3 Å². The van der Waals surface area contributed by atoms with Crippen LogP contribution in [-0.4, -0.2) is 26.5 Å². The van der Waals surface area contributed by atoms with Crippen LogP contribution in [0.4, 0.5) is 0 Å². The van der Waals surface area contributed by atoms with Crippen molar-refractivity contribution in [3.63, 3.8) is 0 Å². The molecule has 2 rings (SSSR count). The molecule has 122 valence electrons. The summed E-state index contributed by atoms with van der Waals surface area (Å²) in [6.07, 6.45) is 2.30. The minimum absolute atomic E-state index is 0.0240. The first kappa shape index (κ1) is 17.2. The van der Waals surface area contributed by atoms with Gasteiger partial charge in [0.05, 0.1) is 25.2 Å². The van der Waals surface area contributed by atoms with Crippen LogP contribution in [0.2, 0.25) is 0 Å². The second kappa shape index (κ2) is 8.47. The van der Waals surface area contributed by atoms with Crippen molar-refractivity contribution in [1.82, 2.24) is 0 Å². The van der Waals surface area contributed by atoms with Crippen molar-refractivity contribution >= 4 is 11.5 Å². The summed E-state index contributed by atoms with van der Waals surface area (Å²) in [5, 5.41) is 9.08. The Balaban J connectivity index is 2.20. The number of rotatable bonds is 8. The molecule has 0 heterocycles. The highest BCUT2D eigenvalue weighted by molar-refractivity contribution is 5.92. The molecule has 1 aromatic rings. The molecule has 0 saturated heterocycles. The lowest BCUT2D eigenvalue weighted by Crippen LogP contribution is -2.03. The Labute approximate surface area is 136 Å². The summed E-state index contributed by atoms with van der Waals surface area (Å²) < 4.78 is 15.2. The summed E-state index contributed by atoms with van der Waals surface area (Å²) in [4.78, 5) is 11.8. The van der Waals surface area contributed by atoms with Crippen LogP contribution >= 0.6 is 0 Å². The summed E-state index contributed by atoms with van der Waals surface area (Å²) in [7, 11) is 1.58. The van der Waals surface area contributed by atoms with Crippen molar-refractivity contribution in [2.24, 2.45) is 11.8 Å². The number of benzene rings is 1. The summed E-state index contributed by atoms with van der Waals surface area (Å²) in [6.45, 7) is 2.77. The van der Waals surface area contributed by atoms with Crippen molar-refractivity contribution < 1.29 is 19.0 Å². The van der Waals surface area contributed by atoms with Crippen LogP contribution in [0.25, 0.3) is 5.57 Å². The van der Waals surface area contributed by atoms with E-state index in [0.29, 0.717) is 13.2 Å². The first-order valence-electron chi connectivity index (χ1n) is 7.63. The lowest BCUT2D eigenvalue weighted by molar-refractivity contribution is -0.137. The van der Waals surface area contributed by atoms with Gasteiger partial charge in [-0.1, -0.05) is 18.2 Å². The zero-order chi connectivity index (χ0) is 16.7. The van der Waals surface area contributed by atoms with Crippen LogP contribution in [0.15, 0.2) is 30.3 Å². The zero-order valence-electron chi connectivity index (χ0n) is 13.5. The number of nitrogens with zero attached hydrogens (tertiary/aromatic N) is 1. The molecule has 0 spiro atoms. The van der Waals surface area contributed by atoms with Crippen LogP contribution < -0.4 is 0 Å². The van der Waals surface area contributed by atoms with Gasteiger partial charge in [-0.05, 0) is 36.1 Å². The average molecular weight is 315 g/mol. The molecule has 1 aromatic carbocycles. The predicted molar refractivity (Wildman–Crippen MR) is 84.9 cm³/mol. The standard InChI is InChI=1S/C18H21NO4/c1-3-23-18(20)9-17(16-8-15(16)10-19)14-6-4-5-13(7-14)11-22-12-21-2/h4-7,9,15-16H,3,8,11-12H2,1-2H3/b17-9+. The Morgan fingerprint density at radius 1 is 1.48 bits per heavy atom. The topological polar surface area (TPSA) is 68.6 Å². The normalized spacial score (nSPS) is 20.0. The fourth-order valence-electron chi connectivity index (χ4n) is 2.48. The Bertz CT molecular complexity index is 618. The third-order valence-corrected chi connectivity index (χ3v) is 3.65. The molecule has 0 N–H and O–H groups in total. The maximum Gasteiger partial charge on any atom is 0.331 e. The lowest BCUT2D eigenvalue weighted by Gasteiger charge is -2.10. The van der Waals surface area contributed by atoms with E-state index in [1.165, 1.54) is 6.08 Å². The highest BCUT2D eigenvalue weighted by Gasteiger charge is 2.40. The van der Waals surface area contributed by atoms with E-state index in [1.54, 1.807) is 14.0 Å². The largest absolute Gasteiger partial charge is 0.463 e. The molecule has 0 radical (unpaired) electrons. The highest BCUT2D eigenvalue weighted by Crippen LogP contribution is 2.47. The van der Waals surface area contributed by atoms with Crippen molar-refractivity contribution in [2.45, 2.75) is 20.0 Å². The van der Waals surface area contributed by atoms with Gasteiger partial charge in [0.1, 0.15) is 6.79 Å². The van der Waals surface area contributed by atoms with Crippen LogP contribution in [0.3, 0.4) is 0 Å². The van der Waals surface area contributed by atoms with E-state index < -0.39 is 0 Å². The average Bonchev–Trinajstić information content (AvgIpc) is 3.33. The predicted octanol–water partition coefficient (Wildman–Crippen LogP) is 2.91. The molecule has 23 heavy (non-hydrogen) atoms. The smallest absolute Gasteiger partial charge is 0.331 e. The van der Waals surface area contributed by atoms with Gasteiger partial charge < -0.3 is 14.2 Å². The Hall–Kier alpha value is -2.16. The highest BCUT2D eigenvalue weighted by atomic mass is 16.7. The van der Waals surface area contributed by atoms with Gasteiger partial charge in [-0.15, -0.1) is 0 Å². The number of carbonyl (C=O) groups excluding carboxylic acids is 1. The van der Waals surface area contributed by atoms with Gasteiger partial charge in [0.15, 0.2) is 0 Å². The van der Waals surface area contributed by atoms with Crippen LogP contribution in [-0.2, 0) is 25.6 Å². The summed E-state index contributed by atoms with van der Waals surface area (Å²) in [6, 6.07) is 10.1. The number of hydrogen-bond donors (Lipinski definition) is 0. The van der Waals surface area contributed by atoms with Gasteiger partial charge in [0.2, 0.25) is 0 Å². The van der Waals surface area contributed by atoms with Crippen molar-refractivity contribution in [3.8, 4) is 6.07 Å². The minimum atomic E-state index is -0.368. The number of allylic oxidation sites excluding steroid dienone is 1. The van der Waals surface area contributed by atoms with Crippen LogP contribution in [0, 0.1) is 23.2 Å². The van der Waals surface area contributed by atoms with Crippen molar-refractivity contribution in [3.05, 3.63) is 41.5 Å². The molecule has 2 unspecified atom stereocenters. The van der Waals surface area contributed by atoms with E-state index in [4.69, 9.17) is 19.5 Å². The zero-order valence-corrected chi connectivity index (χ0v) is 13.5. The fourth-order valence-corrected chi connectivity index (χ4v) is 2.48. The number of carbonyl (C=O) groups is 1. The molecule has 1 saturated carbocycles. The first-order valence-corrected chi connectivity index (χ1v) is 7.63. The first-order chi connectivity index (χ1) is 11.2. The third kappa shape index (κ3) is 4.92. The van der Waals surface area contributed by atoms with Crippen LogP contribution in [0.1, 0.15) is 24.5 Å². The minimum Gasteiger partial charge on any atom is -0.463 e. The Kier molecular flexibility index (Phi) is 6.33. The second-order valence-electron chi connectivity index (χ2n) is 5.38. The van der Waals surface area contributed by atoms with Gasteiger partial charge in [0, 0.05) is 19.1 Å². The molecular weight excluding hydrogens is 294 g/mol. The number of hydrogen-bond acceptors (Lipinski definition) is 5. The number of ether oxygens (including phenoxy) is 3. The van der Waals surface area contributed by atoms with E-state index in [-0.39, 0.29) is 24.6 Å². The van der Waals surface area contributed by atoms with E-state index >= 15 is 0 Å². The molecule has 5 heteroatoms. The molecule has 1 fully saturated rings. The SMILES string of the molecule is CCOC(=O)/C=C(\c1cccc(COCOC)c1)C1CC1C#N. The maximum atomic E-state index is 11.8. The summed E-state index contributed by atoms with van der Waals surface area (Å²) in [5.41, 5.74) is 2.78. The summed E-state index contributed by atoms with van der Waals surface area (Å²) in [5.74, 6) is -0.296. The Morgan fingerprint density at radius 2 is 2.30 bits per heavy atom. The van der Waals surface area contributed by atoms with Gasteiger partial charge in [-0.3, -0.25) is 0 Å². The van der Waals surface area contributed by atoms with E-state index in [9.17, 15) is 4.79 Å². The molecule has 0 aromatic heterocycles. The maximum absolute atomic E-state index is 11.8. The molecule has 0 aliphatic heterocycles. The number of esters is 1. The molecular formula is C18H21NO4. The van der Waals surface area contributed by atoms with E-state index in [2.05, 4.69) is 6.07 Å². The third-order valence-electron chi connectivity index (χ3n) is 3.65.